The van der Waals surface area contributed by atoms with Crippen LogP contribution in [-0.4, -0.2) is 26.3 Å². The number of ether oxygens (including phenoxy) is 2. The lowest BCUT2D eigenvalue weighted by Crippen LogP contribution is -2.04. The Balaban J connectivity index is 1.99. The minimum Gasteiger partial charge on any atom is -0.491 e. The fourth-order valence-corrected chi connectivity index (χ4v) is 3.65. The van der Waals surface area contributed by atoms with Gasteiger partial charge in [0.1, 0.15) is 37.8 Å². The van der Waals surface area contributed by atoms with Gasteiger partial charge in [-0.3, -0.25) is 0 Å². The van der Waals surface area contributed by atoms with Crippen LogP contribution < -0.4 is 9.47 Å². The Kier molecular flexibility index (Phi) is 5.94. The fraction of sp³-hybridized carbons (Fsp3) is 0.167. The molecule has 0 saturated heterocycles. The van der Waals surface area contributed by atoms with Crippen LogP contribution in [0.1, 0.15) is 0 Å². The molecule has 4 aromatic carbocycles. The van der Waals surface area contributed by atoms with Crippen LogP contribution >= 0.6 is 0 Å². The number of fused-ring (bicyclic) bond motifs is 2. The molecular weight excluding hydrogens is 380 g/mol. The Labute approximate surface area is 173 Å². The highest BCUT2D eigenvalue weighted by Gasteiger charge is 2.19. The van der Waals surface area contributed by atoms with Gasteiger partial charge in [0.15, 0.2) is 0 Å². The maximum absolute atomic E-state index is 10.6. The van der Waals surface area contributed by atoms with E-state index in [-0.39, 0.29) is 26.3 Å². The monoisotopic (exact) mass is 400 g/mol. The van der Waals surface area contributed by atoms with Crippen LogP contribution in [0, 0.1) is 9.81 Å². The molecule has 0 heterocycles. The first-order valence-corrected chi connectivity index (χ1v) is 9.71. The van der Waals surface area contributed by atoms with Crippen LogP contribution in [0.4, 0.5) is 0 Å². The van der Waals surface area contributed by atoms with Crippen molar-refractivity contribution in [3.05, 3.63) is 82.6 Å². The molecule has 0 fully saturated rings. The quantitative estimate of drug-likeness (QED) is 0.257. The second kappa shape index (κ2) is 9.13. The lowest BCUT2D eigenvalue weighted by atomic mass is 9.92. The smallest absolute Gasteiger partial charge is 0.128 e. The van der Waals surface area contributed by atoms with Gasteiger partial charge in [0, 0.05) is 11.1 Å². The van der Waals surface area contributed by atoms with E-state index in [1.807, 2.05) is 72.8 Å². The molecule has 4 aromatic rings. The van der Waals surface area contributed by atoms with Crippen molar-refractivity contribution < 1.29 is 9.47 Å². The highest BCUT2D eigenvalue weighted by Crippen LogP contribution is 2.45. The number of rotatable bonds is 9. The van der Waals surface area contributed by atoms with Crippen LogP contribution in [0.5, 0.6) is 11.5 Å². The van der Waals surface area contributed by atoms with E-state index in [0.29, 0.717) is 11.5 Å². The molecule has 0 aliphatic heterocycles. The van der Waals surface area contributed by atoms with E-state index < -0.39 is 0 Å². The van der Waals surface area contributed by atoms with E-state index in [9.17, 15) is 9.81 Å². The zero-order valence-corrected chi connectivity index (χ0v) is 16.3. The summed E-state index contributed by atoms with van der Waals surface area (Å²) in [4.78, 5) is 21.1. The van der Waals surface area contributed by atoms with E-state index in [1.54, 1.807) is 0 Å². The first kappa shape index (κ1) is 19.5. The van der Waals surface area contributed by atoms with Crippen LogP contribution in [-0.2, 0) is 0 Å². The van der Waals surface area contributed by atoms with E-state index in [4.69, 9.17) is 9.47 Å². The van der Waals surface area contributed by atoms with E-state index in [0.717, 1.165) is 32.7 Å². The Morgan fingerprint density at radius 1 is 0.567 bits per heavy atom. The second-order valence-electron chi connectivity index (χ2n) is 6.72. The van der Waals surface area contributed by atoms with Crippen LogP contribution in [0.15, 0.2) is 83.2 Å². The molecule has 0 aliphatic rings. The van der Waals surface area contributed by atoms with Gasteiger partial charge in [0.2, 0.25) is 0 Å². The minimum atomic E-state index is 0.0656. The first-order valence-electron chi connectivity index (χ1n) is 9.71. The number of benzene rings is 4. The van der Waals surface area contributed by atoms with Gasteiger partial charge in [-0.05, 0) is 33.7 Å². The third-order valence-electron chi connectivity index (χ3n) is 4.91. The molecule has 0 bridgehead atoms. The molecule has 150 valence electrons. The zero-order valence-electron chi connectivity index (χ0n) is 16.3. The molecular formula is C24H20N2O4. The van der Waals surface area contributed by atoms with E-state index in [2.05, 4.69) is 10.4 Å². The zero-order chi connectivity index (χ0) is 20.8. The molecule has 0 aromatic heterocycles. The maximum Gasteiger partial charge on any atom is 0.128 e. The lowest BCUT2D eigenvalue weighted by molar-refractivity contribution is 0.325. The predicted octanol–water partition coefficient (Wildman–Crippen LogP) is 5.95. The second-order valence-corrected chi connectivity index (χ2v) is 6.72. The number of hydrogen-bond acceptors (Lipinski definition) is 6. The van der Waals surface area contributed by atoms with Gasteiger partial charge in [-0.2, -0.15) is 9.81 Å². The summed E-state index contributed by atoms with van der Waals surface area (Å²) in [5.74, 6) is 1.29. The van der Waals surface area contributed by atoms with Crippen molar-refractivity contribution in [1.82, 2.24) is 0 Å². The first-order chi connectivity index (χ1) is 14.8. The molecule has 0 amide bonds. The molecule has 0 spiro atoms. The summed E-state index contributed by atoms with van der Waals surface area (Å²) >= 11 is 0. The van der Waals surface area contributed by atoms with Crippen molar-refractivity contribution in [3.8, 4) is 22.6 Å². The average molecular weight is 400 g/mol. The Morgan fingerprint density at radius 2 is 1.00 bits per heavy atom. The molecule has 0 atom stereocenters. The molecule has 0 radical (unpaired) electrons. The Bertz CT molecular complexity index is 1110. The largest absolute Gasteiger partial charge is 0.491 e. The van der Waals surface area contributed by atoms with Gasteiger partial charge in [0.05, 0.1) is 0 Å². The number of nitroso groups, excluding NO2 is 2. The summed E-state index contributed by atoms with van der Waals surface area (Å²) in [6.45, 7) is 0.502. The van der Waals surface area contributed by atoms with Crippen LogP contribution in [0.2, 0.25) is 0 Å². The van der Waals surface area contributed by atoms with Gasteiger partial charge in [-0.1, -0.05) is 71.0 Å². The normalized spacial score (nSPS) is 10.8. The third-order valence-corrected chi connectivity index (χ3v) is 4.91. The summed E-state index contributed by atoms with van der Waals surface area (Å²) < 4.78 is 11.9. The highest BCUT2D eigenvalue weighted by molar-refractivity contribution is 6.09. The van der Waals surface area contributed by atoms with Gasteiger partial charge >= 0.3 is 0 Å². The van der Waals surface area contributed by atoms with Crippen molar-refractivity contribution in [1.29, 1.82) is 0 Å². The summed E-state index contributed by atoms with van der Waals surface area (Å²) in [5, 5.41) is 9.91. The average Bonchev–Trinajstić information content (AvgIpc) is 2.79. The van der Waals surface area contributed by atoms with Gasteiger partial charge < -0.3 is 9.47 Å². The van der Waals surface area contributed by atoms with E-state index >= 15 is 0 Å². The van der Waals surface area contributed by atoms with Crippen molar-refractivity contribution in [2.45, 2.75) is 0 Å². The molecule has 0 unspecified atom stereocenters. The summed E-state index contributed by atoms with van der Waals surface area (Å²) in [6.07, 6.45) is 0. The third kappa shape index (κ3) is 3.85. The fourth-order valence-electron chi connectivity index (χ4n) is 3.65. The highest BCUT2D eigenvalue weighted by atomic mass is 16.5. The van der Waals surface area contributed by atoms with Gasteiger partial charge in [-0.25, -0.2) is 0 Å². The van der Waals surface area contributed by atoms with Crippen LogP contribution in [0.3, 0.4) is 0 Å². The summed E-state index contributed by atoms with van der Waals surface area (Å²) in [7, 11) is 0. The van der Waals surface area contributed by atoms with Crippen molar-refractivity contribution >= 4 is 21.5 Å². The predicted molar refractivity (Wildman–Crippen MR) is 119 cm³/mol. The van der Waals surface area contributed by atoms with Gasteiger partial charge in [-0.15, -0.1) is 0 Å². The lowest BCUT2D eigenvalue weighted by Gasteiger charge is -2.19. The molecule has 4 rings (SSSR count). The summed E-state index contributed by atoms with van der Waals surface area (Å²) in [6, 6.07) is 23.9. The summed E-state index contributed by atoms with van der Waals surface area (Å²) in [5.41, 5.74) is 1.76. The molecule has 6 heteroatoms. The number of nitrogens with zero attached hydrogens (tertiary/aromatic N) is 2. The molecule has 0 aliphatic carbocycles. The molecule has 6 nitrogen and oxygen atoms in total. The topological polar surface area (TPSA) is 77.3 Å². The van der Waals surface area contributed by atoms with Crippen molar-refractivity contribution in [2.24, 2.45) is 10.4 Å². The SMILES string of the molecule is O=NCCOc1ccc2ccccc2c1-c1c(OCCN=O)ccc2ccccc12. The van der Waals surface area contributed by atoms with Crippen LogP contribution in [0.25, 0.3) is 32.7 Å². The number of hydrogen-bond donors (Lipinski definition) is 0. The standard InChI is InChI=1S/C24H20N2O4/c27-25-13-15-29-21-11-9-17-5-1-3-7-19(17)23(21)24-20-8-4-2-6-18(20)10-12-22(24)30-16-14-26-28/h1-12H,13-16H2. The van der Waals surface area contributed by atoms with Gasteiger partial charge in [0.25, 0.3) is 0 Å². The maximum atomic E-state index is 10.6. The Hall–Kier alpha value is -3.80. The van der Waals surface area contributed by atoms with Crippen molar-refractivity contribution in [2.75, 3.05) is 26.3 Å². The van der Waals surface area contributed by atoms with Crippen molar-refractivity contribution in [3.63, 3.8) is 0 Å². The van der Waals surface area contributed by atoms with E-state index in [1.165, 1.54) is 0 Å². The minimum absolute atomic E-state index is 0.0656. The Morgan fingerprint density at radius 3 is 1.43 bits per heavy atom. The molecule has 0 saturated carbocycles. The molecule has 0 N–H and O–H groups in total. The molecule has 30 heavy (non-hydrogen) atoms.